The summed E-state index contributed by atoms with van der Waals surface area (Å²) in [6.07, 6.45) is 0. The van der Waals surface area contributed by atoms with Crippen molar-refractivity contribution in [2.75, 3.05) is 0 Å². The van der Waals surface area contributed by atoms with Gasteiger partial charge >= 0.3 is 0 Å². The zero-order chi connectivity index (χ0) is 35.3. The van der Waals surface area contributed by atoms with Crippen LogP contribution in [0.5, 0.6) is 0 Å². The highest BCUT2D eigenvalue weighted by Gasteiger charge is 2.25. The summed E-state index contributed by atoms with van der Waals surface area (Å²) in [5.74, 6) is 0. The average Bonchev–Trinajstić information content (AvgIpc) is 3.82. The number of hydrogen-bond acceptors (Lipinski definition) is 2. The molecule has 2 heteroatoms. The second-order valence-electron chi connectivity index (χ2n) is 14.3. The molecule has 0 radical (unpaired) electrons. The molecule has 2 heterocycles. The molecule has 0 aliphatic heterocycles. The van der Waals surface area contributed by atoms with E-state index in [2.05, 4.69) is 176 Å². The third-order valence-electron chi connectivity index (χ3n) is 11.4. The van der Waals surface area contributed by atoms with Crippen LogP contribution in [0, 0.1) is 0 Å². The van der Waals surface area contributed by atoms with E-state index in [-0.39, 0.29) is 0 Å². The molecule has 0 amide bonds. The highest BCUT2D eigenvalue weighted by molar-refractivity contribution is 6.32. The minimum Gasteiger partial charge on any atom is -0.455 e. The van der Waals surface area contributed by atoms with Crippen molar-refractivity contribution in [1.82, 2.24) is 0 Å². The molecule has 10 aromatic carbocycles. The van der Waals surface area contributed by atoms with Gasteiger partial charge in [-0.3, -0.25) is 0 Å². The van der Waals surface area contributed by atoms with Gasteiger partial charge < -0.3 is 8.83 Å². The highest BCUT2D eigenvalue weighted by atomic mass is 16.3. The third-order valence-corrected chi connectivity index (χ3v) is 11.4. The van der Waals surface area contributed by atoms with Crippen LogP contribution in [0.2, 0.25) is 0 Å². The van der Waals surface area contributed by atoms with E-state index in [0.717, 1.165) is 54.8 Å². The molecule has 0 saturated heterocycles. The lowest BCUT2D eigenvalue weighted by Gasteiger charge is -2.18. The van der Waals surface area contributed by atoms with Crippen LogP contribution in [-0.2, 0) is 0 Å². The van der Waals surface area contributed by atoms with E-state index in [1.54, 1.807) is 0 Å². The molecule has 0 N–H and O–H groups in total. The van der Waals surface area contributed by atoms with Crippen LogP contribution in [0.1, 0.15) is 0 Å². The van der Waals surface area contributed by atoms with Crippen LogP contribution in [0.15, 0.2) is 191 Å². The first-order valence-electron chi connectivity index (χ1n) is 18.5. The Kier molecular flexibility index (Phi) is 6.09. The maximum absolute atomic E-state index is 6.99. The number of furan rings is 2. The summed E-state index contributed by atoms with van der Waals surface area (Å²) in [6, 6.07) is 65.5. The van der Waals surface area contributed by atoms with Gasteiger partial charge in [-0.15, -0.1) is 0 Å². The van der Waals surface area contributed by atoms with Gasteiger partial charge in [0.1, 0.15) is 22.3 Å². The van der Waals surface area contributed by atoms with Gasteiger partial charge in [0.15, 0.2) is 0 Å². The van der Waals surface area contributed by atoms with Crippen LogP contribution in [0.3, 0.4) is 0 Å². The zero-order valence-electron chi connectivity index (χ0n) is 29.1. The van der Waals surface area contributed by atoms with Crippen molar-refractivity contribution in [2.24, 2.45) is 0 Å². The van der Waals surface area contributed by atoms with Gasteiger partial charge in [0.2, 0.25) is 0 Å². The normalized spacial score (nSPS) is 12.1. The molecule has 2 nitrogen and oxygen atoms in total. The summed E-state index contributed by atoms with van der Waals surface area (Å²) in [7, 11) is 0. The predicted molar refractivity (Wildman–Crippen MR) is 227 cm³/mol. The monoisotopic (exact) mass is 686 g/mol. The van der Waals surface area contributed by atoms with E-state index in [0.29, 0.717) is 0 Å². The first kappa shape index (κ1) is 29.4. The number of fused-ring (bicyclic) bond motifs is 12. The van der Waals surface area contributed by atoms with Gasteiger partial charge in [0.25, 0.3) is 0 Å². The lowest BCUT2D eigenvalue weighted by molar-refractivity contribution is 0.663. The Balaban J connectivity index is 1.19. The number of rotatable bonds is 3. The Morgan fingerprint density at radius 3 is 1.57 bits per heavy atom. The lowest BCUT2D eigenvalue weighted by Crippen LogP contribution is -1.91. The van der Waals surface area contributed by atoms with Gasteiger partial charge in [-0.25, -0.2) is 0 Å². The molecule has 0 bridgehead atoms. The topological polar surface area (TPSA) is 26.3 Å². The molecule has 12 aromatic rings. The fourth-order valence-corrected chi connectivity index (χ4v) is 9.01. The van der Waals surface area contributed by atoms with Gasteiger partial charge in [-0.2, -0.15) is 0 Å². The molecule has 0 unspecified atom stereocenters. The fourth-order valence-electron chi connectivity index (χ4n) is 9.01. The molecule has 2 aromatic heterocycles. The molecule has 0 fully saturated rings. The number of hydrogen-bond donors (Lipinski definition) is 0. The minimum absolute atomic E-state index is 0.843. The summed E-state index contributed by atoms with van der Waals surface area (Å²) in [6.45, 7) is 0. The maximum Gasteiger partial charge on any atom is 0.147 e. The highest BCUT2D eigenvalue weighted by Crippen LogP contribution is 2.50. The van der Waals surface area contributed by atoms with Crippen molar-refractivity contribution in [3.63, 3.8) is 0 Å². The van der Waals surface area contributed by atoms with Crippen LogP contribution < -0.4 is 0 Å². The largest absolute Gasteiger partial charge is 0.455 e. The van der Waals surface area contributed by atoms with Crippen molar-refractivity contribution >= 4 is 87.0 Å². The summed E-state index contributed by atoms with van der Waals surface area (Å²) in [5.41, 5.74) is 10.6. The first-order valence-corrected chi connectivity index (χ1v) is 18.5. The van der Waals surface area contributed by atoms with Crippen molar-refractivity contribution < 1.29 is 8.83 Å². The molecule has 0 aliphatic rings. The van der Waals surface area contributed by atoms with Gasteiger partial charge in [-0.1, -0.05) is 152 Å². The minimum atomic E-state index is 0.843. The van der Waals surface area contributed by atoms with Crippen LogP contribution in [0.25, 0.3) is 120 Å². The van der Waals surface area contributed by atoms with Gasteiger partial charge in [0.05, 0.1) is 5.39 Å². The van der Waals surface area contributed by atoms with Gasteiger partial charge in [-0.05, 0) is 95.7 Å². The Hall–Kier alpha value is -7.16. The smallest absolute Gasteiger partial charge is 0.147 e. The van der Waals surface area contributed by atoms with E-state index in [1.165, 1.54) is 65.5 Å². The van der Waals surface area contributed by atoms with Crippen LogP contribution in [-0.4, -0.2) is 0 Å². The molecule has 0 saturated carbocycles. The second-order valence-corrected chi connectivity index (χ2v) is 14.3. The summed E-state index contributed by atoms with van der Waals surface area (Å²) < 4.78 is 13.7. The molecule has 250 valence electrons. The fraction of sp³-hybridized carbons (Fsp3) is 0. The molecule has 54 heavy (non-hydrogen) atoms. The van der Waals surface area contributed by atoms with Crippen LogP contribution in [0.4, 0.5) is 0 Å². The number of para-hydroxylation sites is 1. The molecule has 0 aliphatic carbocycles. The molecular formula is C52H30O2. The van der Waals surface area contributed by atoms with E-state index in [9.17, 15) is 0 Å². The van der Waals surface area contributed by atoms with E-state index >= 15 is 0 Å². The second kappa shape index (κ2) is 11.2. The lowest BCUT2D eigenvalue weighted by atomic mass is 9.84. The molecule has 0 spiro atoms. The SMILES string of the molecule is c1ccc(-c2ccc3cc(-c4c5ccccc5c(-c5cc6c7ccccc7oc6c6c5oc5ccc7ccccc7c56)c5ccccc45)ccc3c2)cc1. The predicted octanol–water partition coefficient (Wildman–Crippen LogP) is 15.1. The van der Waals surface area contributed by atoms with Crippen molar-refractivity contribution in [3.05, 3.63) is 182 Å². The van der Waals surface area contributed by atoms with Crippen LogP contribution >= 0.6 is 0 Å². The third kappa shape index (κ3) is 4.17. The molecule has 0 atom stereocenters. The standard InChI is InChI=1S/C52H30O2/c1-2-12-31(13-3-1)33-22-23-35-29-36(25-24-34(35)28-33)47-39-17-6-8-19-41(39)48(42-20-9-7-18-40(42)47)44-30-43-38-16-10-11-21-45(38)53-51(43)50-49-37-15-5-4-14-32(37)26-27-46(49)54-52(44)50/h1-30H. The average molecular weight is 687 g/mol. The van der Waals surface area contributed by atoms with Crippen molar-refractivity contribution in [1.29, 1.82) is 0 Å². The van der Waals surface area contributed by atoms with Crippen molar-refractivity contribution in [2.45, 2.75) is 0 Å². The zero-order valence-corrected chi connectivity index (χ0v) is 29.1. The Morgan fingerprint density at radius 1 is 0.278 bits per heavy atom. The van der Waals surface area contributed by atoms with Gasteiger partial charge in [0, 0.05) is 27.3 Å². The Morgan fingerprint density at radius 2 is 0.833 bits per heavy atom. The van der Waals surface area contributed by atoms with E-state index in [1.807, 2.05) is 6.07 Å². The molecule has 12 rings (SSSR count). The molecular weight excluding hydrogens is 657 g/mol. The maximum atomic E-state index is 6.99. The quantitative estimate of drug-likeness (QED) is 0.173. The summed E-state index contributed by atoms with van der Waals surface area (Å²) >= 11 is 0. The summed E-state index contributed by atoms with van der Waals surface area (Å²) in [4.78, 5) is 0. The van der Waals surface area contributed by atoms with E-state index < -0.39 is 0 Å². The van der Waals surface area contributed by atoms with E-state index in [4.69, 9.17) is 8.83 Å². The first-order chi connectivity index (χ1) is 26.8. The Labute approximate surface area is 310 Å². The Bertz CT molecular complexity index is 3430. The summed E-state index contributed by atoms with van der Waals surface area (Å²) in [5, 5.41) is 13.9. The van der Waals surface area contributed by atoms with Crippen molar-refractivity contribution in [3.8, 4) is 33.4 Å². The number of benzene rings is 10.